The molecule has 2 N–H and O–H groups in total. The Hall–Kier alpha value is -1.10. The summed E-state index contributed by atoms with van der Waals surface area (Å²) >= 11 is 0. The van der Waals surface area contributed by atoms with Crippen LogP contribution in [0.1, 0.15) is 39.4 Å². The Morgan fingerprint density at radius 1 is 1.41 bits per heavy atom. The van der Waals surface area contributed by atoms with E-state index in [1.807, 2.05) is 0 Å². The molecule has 0 aliphatic carbocycles. The van der Waals surface area contributed by atoms with Gasteiger partial charge in [-0.15, -0.1) is 10.2 Å². The molecule has 0 saturated carbocycles. The van der Waals surface area contributed by atoms with Gasteiger partial charge in [0.2, 0.25) is 5.95 Å². The first-order valence-corrected chi connectivity index (χ1v) is 6.59. The molecule has 2 heterocycles. The van der Waals surface area contributed by atoms with Crippen molar-refractivity contribution in [2.45, 2.75) is 45.6 Å². The van der Waals surface area contributed by atoms with Gasteiger partial charge in [-0.1, -0.05) is 6.92 Å². The van der Waals surface area contributed by atoms with Crippen LogP contribution in [-0.2, 0) is 12.0 Å². The molecule has 2 rings (SSSR count). The van der Waals surface area contributed by atoms with E-state index in [1.165, 1.54) is 12.8 Å². The summed E-state index contributed by atoms with van der Waals surface area (Å²) in [6, 6.07) is 0. The number of aromatic nitrogens is 3. The standard InChI is InChI=1S/C12H23N5/c1-4-14-11-16-15-10(17(11)5-2)12(3)7-6-8-13-9-12/h13H,4-9H2,1-3H3,(H,14,16). The minimum absolute atomic E-state index is 0.120. The molecule has 0 bridgehead atoms. The van der Waals surface area contributed by atoms with Crippen molar-refractivity contribution in [2.75, 3.05) is 25.0 Å². The Bertz CT molecular complexity index is 365. The van der Waals surface area contributed by atoms with Gasteiger partial charge in [-0.25, -0.2) is 0 Å². The van der Waals surface area contributed by atoms with Crippen LogP contribution >= 0.6 is 0 Å². The molecule has 1 aliphatic rings. The molecule has 1 atom stereocenters. The number of nitrogens with one attached hydrogen (secondary N) is 2. The monoisotopic (exact) mass is 237 g/mol. The van der Waals surface area contributed by atoms with Crippen molar-refractivity contribution >= 4 is 5.95 Å². The van der Waals surface area contributed by atoms with Crippen LogP contribution < -0.4 is 10.6 Å². The van der Waals surface area contributed by atoms with Crippen LogP contribution in [0.5, 0.6) is 0 Å². The molecule has 96 valence electrons. The van der Waals surface area contributed by atoms with E-state index in [1.54, 1.807) is 0 Å². The molecule has 1 aromatic rings. The third-order valence-electron chi connectivity index (χ3n) is 3.54. The molecule has 1 fully saturated rings. The Labute approximate surface area is 103 Å². The van der Waals surface area contributed by atoms with E-state index in [-0.39, 0.29) is 5.41 Å². The largest absolute Gasteiger partial charge is 0.355 e. The van der Waals surface area contributed by atoms with E-state index in [0.717, 1.165) is 38.0 Å². The predicted molar refractivity (Wildman–Crippen MR) is 69.3 cm³/mol. The van der Waals surface area contributed by atoms with Crippen LogP contribution in [0.15, 0.2) is 0 Å². The second-order valence-corrected chi connectivity index (χ2v) is 4.96. The molecule has 1 unspecified atom stereocenters. The molecule has 1 saturated heterocycles. The Morgan fingerprint density at radius 2 is 2.24 bits per heavy atom. The molecule has 0 spiro atoms. The van der Waals surface area contributed by atoms with Gasteiger partial charge in [-0.2, -0.15) is 0 Å². The topological polar surface area (TPSA) is 54.8 Å². The van der Waals surface area contributed by atoms with Crippen LogP contribution in [0.25, 0.3) is 0 Å². The van der Waals surface area contributed by atoms with Gasteiger partial charge in [0.1, 0.15) is 5.82 Å². The molecule has 5 nitrogen and oxygen atoms in total. The number of rotatable bonds is 4. The summed E-state index contributed by atoms with van der Waals surface area (Å²) in [5.41, 5.74) is 0.120. The van der Waals surface area contributed by atoms with Crippen molar-refractivity contribution in [2.24, 2.45) is 0 Å². The average Bonchev–Trinajstić information content (AvgIpc) is 2.74. The van der Waals surface area contributed by atoms with E-state index >= 15 is 0 Å². The lowest BCUT2D eigenvalue weighted by Crippen LogP contribution is -2.43. The molecular weight excluding hydrogens is 214 g/mol. The highest BCUT2D eigenvalue weighted by Gasteiger charge is 2.34. The van der Waals surface area contributed by atoms with Gasteiger partial charge in [0, 0.05) is 25.0 Å². The van der Waals surface area contributed by atoms with Crippen molar-refractivity contribution < 1.29 is 0 Å². The van der Waals surface area contributed by atoms with E-state index in [4.69, 9.17) is 0 Å². The first kappa shape index (κ1) is 12.4. The summed E-state index contributed by atoms with van der Waals surface area (Å²) in [5.74, 6) is 2.01. The zero-order chi connectivity index (χ0) is 12.3. The SMILES string of the molecule is CCNc1nnc(C2(C)CCCNC2)n1CC. The first-order valence-electron chi connectivity index (χ1n) is 6.59. The maximum Gasteiger partial charge on any atom is 0.224 e. The smallest absolute Gasteiger partial charge is 0.224 e. The third-order valence-corrected chi connectivity index (χ3v) is 3.54. The normalized spacial score (nSPS) is 24.9. The molecule has 0 amide bonds. The molecule has 17 heavy (non-hydrogen) atoms. The fourth-order valence-electron chi connectivity index (χ4n) is 2.59. The van der Waals surface area contributed by atoms with Crippen molar-refractivity contribution in [1.82, 2.24) is 20.1 Å². The van der Waals surface area contributed by atoms with Gasteiger partial charge in [0.15, 0.2) is 0 Å². The van der Waals surface area contributed by atoms with Gasteiger partial charge in [0.05, 0.1) is 0 Å². The maximum absolute atomic E-state index is 4.41. The van der Waals surface area contributed by atoms with Crippen molar-refractivity contribution in [3.63, 3.8) is 0 Å². The van der Waals surface area contributed by atoms with Gasteiger partial charge in [-0.3, -0.25) is 4.57 Å². The zero-order valence-electron chi connectivity index (χ0n) is 11.1. The van der Waals surface area contributed by atoms with Crippen LogP contribution in [0.4, 0.5) is 5.95 Å². The first-order chi connectivity index (χ1) is 8.21. The molecular formula is C12H23N5. The highest BCUT2D eigenvalue weighted by molar-refractivity contribution is 5.28. The fourth-order valence-corrected chi connectivity index (χ4v) is 2.59. The second-order valence-electron chi connectivity index (χ2n) is 4.96. The third kappa shape index (κ3) is 2.29. The quantitative estimate of drug-likeness (QED) is 0.830. The Kier molecular flexibility index (Phi) is 3.66. The lowest BCUT2D eigenvalue weighted by molar-refractivity contribution is 0.313. The zero-order valence-corrected chi connectivity index (χ0v) is 11.1. The summed E-state index contributed by atoms with van der Waals surface area (Å²) in [4.78, 5) is 0. The lowest BCUT2D eigenvalue weighted by atomic mass is 9.82. The fraction of sp³-hybridized carbons (Fsp3) is 0.833. The van der Waals surface area contributed by atoms with Gasteiger partial charge in [-0.05, 0) is 33.2 Å². The highest BCUT2D eigenvalue weighted by atomic mass is 15.4. The number of anilines is 1. The minimum Gasteiger partial charge on any atom is -0.355 e. The van der Waals surface area contributed by atoms with E-state index in [9.17, 15) is 0 Å². The minimum atomic E-state index is 0.120. The van der Waals surface area contributed by atoms with Crippen molar-refractivity contribution in [1.29, 1.82) is 0 Å². The summed E-state index contributed by atoms with van der Waals surface area (Å²) in [6.45, 7) is 10.4. The summed E-state index contributed by atoms with van der Waals surface area (Å²) in [7, 11) is 0. The van der Waals surface area contributed by atoms with E-state index < -0.39 is 0 Å². The molecule has 1 aliphatic heterocycles. The molecule has 0 aromatic carbocycles. The Morgan fingerprint density at radius 3 is 2.82 bits per heavy atom. The number of hydrogen-bond acceptors (Lipinski definition) is 4. The van der Waals surface area contributed by atoms with Crippen LogP contribution in [0.2, 0.25) is 0 Å². The summed E-state index contributed by atoms with van der Waals surface area (Å²) < 4.78 is 2.20. The van der Waals surface area contributed by atoms with Crippen molar-refractivity contribution in [3.05, 3.63) is 5.82 Å². The van der Waals surface area contributed by atoms with E-state index in [0.29, 0.717) is 0 Å². The highest BCUT2D eigenvalue weighted by Crippen LogP contribution is 2.30. The summed E-state index contributed by atoms with van der Waals surface area (Å²) in [6.07, 6.45) is 2.40. The van der Waals surface area contributed by atoms with Crippen LogP contribution in [0.3, 0.4) is 0 Å². The molecule has 5 heteroatoms. The van der Waals surface area contributed by atoms with Crippen LogP contribution in [-0.4, -0.2) is 34.4 Å². The predicted octanol–water partition coefficient (Wildman–Crippen LogP) is 1.37. The molecule has 1 aromatic heterocycles. The van der Waals surface area contributed by atoms with Crippen LogP contribution in [0, 0.1) is 0 Å². The molecule has 0 radical (unpaired) electrons. The lowest BCUT2D eigenvalue weighted by Gasteiger charge is -2.33. The van der Waals surface area contributed by atoms with Gasteiger partial charge >= 0.3 is 0 Å². The second kappa shape index (κ2) is 5.04. The number of hydrogen-bond donors (Lipinski definition) is 2. The number of piperidine rings is 1. The van der Waals surface area contributed by atoms with Crippen molar-refractivity contribution in [3.8, 4) is 0 Å². The average molecular weight is 237 g/mol. The maximum atomic E-state index is 4.41. The Balaban J connectivity index is 2.30. The van der Waals surface area contributed by atoms with Gasteiger partial charge < -0.3 is 10.6 Å². The van der Waals surface area contributed by atoms with Gasteiger partial charge in [0.25, 0.3) is 0 Å². The number of nitrogens with zero attached hydrogens (tertiary/aromatic N) is 3. The van der Waals surface area contributed by atoms with E-state index in [2.05, 4.69) is 46.2 Å². The summed E-state index contributed by atoms with van der Waals surface area (Å²) in [5, 5.41) is 15.4.